The summed E-state index contributed by atoms with van der Waals surface area (Å²) in [6, 6.07) is 13.4. The van der Waals surface area contributed by atoms with Gasteiger partial charge in [-0.25, -0.2) is 4.98 Å². The van der Waals surface area contributed by atoms with E-state index in [2.05, 4.69) is 15.5 Å². The van der Waals surface area contributed by atoms with Crippen LogP contribution in [0.3, 0.4) is 0 Å². The zero-order valence-corrected chi connectivity index (χ0v) is 13.5. The summed E-state index contributed by atoms with van der Waals surface area (Å²) < 4.78 is 0.934. The molecule has 0 atom stereocenters. The molecule has 1 aromatic heterocycles. The van der Waals surface area contributed by atoms with E-state index in [-0.39, 0.29) is 22.1 Å². The fourth-order valence-corrected chi connectivity index (χ4v) is 2.99. The van der Waals surface area contributed by atoms with Crippen LogP contribution in [-0.2, 0) is 0 Å². The Hall–Kier alpha value is -3.02. The molecule has 1 N–H and O–H groups in total. The summed E-state index contributed by atoms with van der Waals surface area (Å²) in [6.45, 7) is 0. The lowest BCUT2D eigenvalue weighted by atomic mass is 10.3. The molecule has 0 bridgehead atoms. The lowest BCUT2D eigenvalue weighted by Crippen LogP contribution is -2.02. The molecule has 0 unspecified atom stereocenters. The highest BCUT2D eigenvalue weighted by molar-refractivity contribution is 7.20. The second kappa shape index (κ2) is 6.62. The van der Waals surface area contributed by atoms with E-state index in [9.17, 15) is 15.4 Å². The second-order valence-corrected chi connectivity index (χ2v) is 6.03. The normalized spacial score (nSPS) is 11.2. The third kappa shape index (κ3) is 3.17. The Morgan fingerprint density at radius 3 is 2.88 bits per heavy atom. The summed E-state index contributed by atoms with van der Waals surface area (Å²) in [4.78, 5) is 14.6. The van der Waals surface area contributed by atoms with Gasteiger partial charge in [-0.3, -0.25) is 15.5 Å². The maximum atomic E-state index is 10.8. The first-order valence-electron chi connectivity index (χ1n) is 6.62. The second-order valence-electron chi connectivity index (χ2n) is 4.59. The number of para-hydroxylation sites is 1. The van der Waals surface area contributed by atoms with Crippen LogP contribution in [0, 0.1) is 21.4 Å². The van der Waals surface area contributed by atoms with Gasteiger partial charge in [0.15, 0.2) is 10.7 Å². The van der Waals surface area contributed by atoms with Gasteiger partial charge >= 0.3 is 0 Å². The molecule has 1 heterocycles. The van der Waals surface area contributed by atoms with Crippen molar-refractivity contribution in [2.75, 3.05) is 5.43 Å². The van der Waals surface area contributed by atoms with Crippen molar-refractivity contribution >= 4 is 50.2 Å². The summed E-state index contributed by atoms with van der Waals surface area (Å²) >= 11 is 7.32. The molecule has 0 saturated heterocycles. The highest BCUT2D eigenvalue weighted by Gasteiger charge is 2.12. The third-order valence-electron chi connectivity index (χ3n) is 3.05. The average Bonchev–Trinajstić information content (AvgIpc) is 3.00. The van der Waals surface area contributed by atoms with E-state index in [4.69, 9.17) is 11.6 Å². The van der Waals surface area contributed by atoms with Crippen LogP contribution < -0.4 is 5.43 Å². The molecule has 0 spiro atoms. The number of hydrogen-bond donors (Lipinski definition) is 1. The third-order valence-corrected chi connectivity index (χ3v) is 4.42. The van der Waals surface area contributed by atoms with E-state index in [0.717, 1.165) is 10.2 Å². The molecule has 0 amide bonds. The van der Waals surface area contributed by atoms with Gasteiger partial charge in [0.1, 0.15) is 6.07 Å². The first-order valence-corrected chi connectivity index (χ1v) is 7.81. The van der Waals surface area contributed by atoms with Crippen LogP contribution >= 0.6 is 22.9 Å². The minimum atomic E-state index is -0.538. The number of hydrogen-bond acceptors (Lipinski definition) is 7. The Kier molecular flexibility index (Phi) is 4.37. The van der Waals surface area contributed by atoms with Crippen molar-refractivity contribution in [2.45, 2.75) is 0 Å². The maximum Gasteiger partial charge on any atom is 0.271 e. The molecule has 9 heteroatoms. The number of hydrazone groups is 1. The summed E-state index contributed by atoms with van der Waals surface area (Å²) in [6.07, 6.45) is 0. The van der Waals surface area contributed by atoms with Crippen LogP contribution in [0.2, 0.25) is 5.02 Å². The van der Waals surface area contributed by atoms with E-state index < -0.39 is 4.92 Å². The Morgan fingerprint density at radius 2 is 2.17 bits per heavy atom. The van der Waals surface area contributed by atoms with Gasteiger partial charge in [-0.1, -0.05) is 23.7 Å². The van der Waals surface area contributed by atoms with Crippen molar-refractivity contribution < 1.29 is 4.92 Å². The molecule has 24 heavy (non-hydrogen) atoms. The number of aromatic nitrogens is 1. The predicted molar refractivity (Wildman–Crippen MR) is 93.5 cm³/mol. The van der Waals surface area contributed by atoms with Gasteiger partial charge in [0, 0.05) is 12.1 Å². The summed E-state index contributed by atoms with van der Waals surface area (Å²) in [5.41, 5.74) is 3.54. The highest BCUT2D eigenvalue weighted by atomic mass is 35.5. The van der Waals surface area contributed by atoms with Gasteiger partial charge in [0.25, 0.3) is 5.69 Å². The number of anilines is 1. The Morgan fingerprint density at radius 1 is 1.38 bits per heavy atom. The zero-order chi connectivity index (χ0) is 17.1. The largest absolute Gasteiger partial charge is 0.275 e. The molecule has 2 aromatic carbocycles. The maximum absolute atomic E-state index is 10.8. The molecule has 7 nitrogen and oxygen atoms in total. The first-order chi connectivity index (χ1) is 11.6. The Bertz CT molecular complexity index is 976. The van der Waals surface area contributed by atoms with Gasteiger partial charge in [0.05, 0.1) is 25.8 Å². The number of halogens is 1. The topological polar surface area (TPSA) is 104 Å². The number of nitriles is 1. The number of nitrogens with one attached hydrogen (secondary N) is 1. The van der Waals surface area contributed by atoms with Crippen molar-refractivity contribution in [2.24, 2.45) is 5.10 Å². The van der Waals surface area contributed by atoms with E-state index in [1.807, 2.05) is 30.3 Å². The number of nitro groups is 1. The van der Waals surface area contributed by atoms with Crippen LogP contribution in [0.15, 0.2) is 47.6 Å². The monoisotopic (exact) mass is 357 g/mol. The Labute approximate surface area is 145 Å². The number of nitrogens with zero attached hydrogens (tertiary/aromatic N) is 4. The molecular weight excluding hydrogens is 350 g/mol. The minimum absolute atomic E-state index is 0.0683. The van der Waals surface area contributed by atoms with Gasteiger partial charge in [-0.05, 0) is 18.2 Å². The highest BCUT2D eigenvalue weighted by Crippen LogP contribution is 2.27. The summed E-state index contributed by atoms with van der Waals surface area (Å²) in [7, 11) is 0. The van der Waals surface area contributed by atoms with Crippen molar-refractivity contribution in [3.63, 3.8) is 0 Å². The van der Waals surface area contributed by atoms with Crippen LogP contribution in [0.1, 0.15) is 5.01 Å². The van der Waals surface area contributed by atoms with Crippen molar-refractivity contribution in [1.82, 2.24) is 4.98 Å². The molecule has 0 aliphatic rings. The molecule has 0 fully saturated rings. The molecule has 0 aliphatic heterocycles. The predicted octanol–water partition coefficient (Wildman–Crippen LogP) is 4.20. The zero-order valence-electron chi connectivity index (χ0n) is 11.9. The molecule has 3 rings (SSSR count). The van der Waals surface area contributed by atoms with Gasteiger partial charge < -0.3 is 0 Å². The minimum Gasteiger partial charge on any atom is -0.275 e. The quantitative estimate of drug-likeness (QED) is 0.428. The summed E-state index contributed by atoms with van der Waals surface area (Å²) in [5, 5.41) is 24.8. The van der Waals surface area contributed by atoms with Gasteiger partial charge in [-0.2, -0.15) is 10.4 Å². The number of non-ortho nitro benzene ring substituents is 1. The smallest absolute Gasteiger partial charge is 0.271 e. The van der Waals surface area contributed by atoms with Crippen LogP contribution in [0.4, 0.5) is 11.4 Å². The van der Waals surface area contributed by atoms with Gasteiger partial charge in [-0.15, -0.1) is 11.3 Å². The van der Waals surface area contributed by atoms with E-state index in [1.165, 1.54) is 29.5 Å². The van der Waals surface area contributed by atoms with Crippen LogP contribution in [0.5, 0.6) is 0 Å². The SMILES string of the molecule is N#CC(=NNc1cc([N+](=O)[O-])ccc1Cl)c1nc2ccccc2s1. The van der Waals surface area contributed by atoms with Crippen LogP contribution in [0.25, 0.3) is 10.2 Å². The fraction of sp³-hybridized carbons (Fsp3) is 0. The Balaban J connectivity index is 1.93. The van der Waals surface area contributed by atoms with E-state index >= 15 is 0 Å². The number of rotatable bonds is 4. The number of fused-ring (bicyclic) bond motifs is 1. The standard InChI is InChI=1S/C15H8ClN5O2S/c16-10-6-5-9(21(22)23)7-12(10)19-20-13(8-17)15-18-11-3-1-2-4-14(11)24-15/h1-7,19H. The lowest BCUT2D eigenvalue weighted by Gasteiger charge is -2.03. The number of benzene rings is 2. The molecular formula is C15H8ClN5O2S. The molecule has 118 valence electrons. The summed E-state index contributed by atoms with van der Waals surface area (Å²) in [5.74, 6) is 0. The molecule has 0 radical (unpaired) electrons. The number of nitro benzene ring substituents is 1. The van der Waals surface area contributed by atoms with Crippen molar-refractivity contribution in [3.8, 4) is 6.07 Å². The fourth-order valence-electron chi connectivity index (χ4n) is 1.92. The van der Waals surface area contributed by atoms with E-state index in [0.29, 0.717) is 5.01 Å². The first kappa shape index (κ1) is 15.9. The molecule has 3 aromatic rings. The average molecular weight is 358 g/mol. The molecule has 0 aliphatic carbocycles. The van der Waals surface area contributed by atoms with Gasteiger partial charge in [0.2, 0.25) is 0 Å². The molecule has 0 saturated carbocycles. The van der Waals surface area contributed by atoms with Crippen molar-refractivity contribution in [3.05, 3.63) is 62.6 Å². The lowest BCUT2D eigenvalue weighted by molar-refractivity contribution is -0.384. The van der Waals surface area contributed by atoms with Crippen molar-refractivity contribution in [1.29, 1.82) is 5.26 Å². The van der Waals surface area contributed by atoms with Crippen LogP contribution in [-0.4, -0.2) is 15.6 Å². The van der Waals surface area contributed by atoms with E-state index in [1.54, 1.807) is 0 Å². The number of thiazole rings is 1.